The lowest BCUT2D eigenvalue weighted by Crippen LogP contribution is -2.01. The highest BCUT2D eigenvalue weighted by molar-refractivity contribution is 6.00. The largest absolute Gasteiger partial charge is 0.411 e. The van der Waals surface area contributed by atoms with Gasteiger partial charge in [0.2, 0.25) is 0 Å². The first-order valence-corrected chi connectivity index (χ1v) is 6.42. The number of hydrogen-bond acceptors (Lipinski definition) is 2. The summed E-state index contributed by atoms with van der Waals surface area (Å²) in [7, 11) is 0. The minimum Gasteiger partial charge on any atom is -0.411 e. The van der Waals surface area contributed by atoms with Crippen molar-refractivity contribution in [2.75, 3.05) is 0 Å². The van der Waals surface area contributed by atoms with E-state index in [1.165, 1.54) is 11.1 Å². The fourth-order valence-electron chi connectivity index (χ4n) is 1.84. The summed E-state index contributed by atoms with van der Waals surface area (Å²) < 4.78 is 0. The molecular formula is C15H25NO. The normalized spacial score (nSPS) is 11.1. The third-order valence-electron chi connectivity index (χ3n) is 2.68. The highest BCUT2D eigenvalue weighted by Crippen LogP contribution is 2.20. The first kappa shape index (κ1) is 15.7. The first-order chi connectivity index (χ1) is 8.10. The van der Waals surface area contributed by atoms with Gasteiger partial charge in [-0.1, -0.05) is 51.9 Å². The quantitative estimate of drug-likeness (QED) is 0.458. The molecule has 0 aromatic heterocycles. The minimum atomic E-state index is 0.537. The number of benzene rings is 1. The summed E-state index contributed by atoms with van der Waals surface area (Å²) in [5.74, 6) is 0.537. The van der Waals surface area contributed by atoms with Crippen LogP contribution in [0.1, 0.15) is 63.6 Å². The molecule has 1 rings (SSSR count). The van der Waals surface area contributed by atoms with Gasteiger partial charge in [0.1, 0.15) is 0 Å². The Balaban J connectivity index is 0.00000121. The Bertz CT molecular complexity index is 367. The van der Waals surface area contributed by atoms with Gasteiger partial charge in [-0.25, -0.2) is 0 Å². The molecule has 2 nitrogen and oxygen atoms in total. The van der Waals surface area contributed by atoms with Crippen LogP contribution in [0.3, 0.4) is 0 Å². The van der Waals surface area contributed by atoms with E-state index in [1.807, 2.05) is 26.8 Å². The van der Waals surface area contributed by atoms with E-state index >= 15 is 0 Å². The van der Waals surface area contributed by atoms with Crippen LogP contribution in [0.15, 0.2) is 23.4 Å². The molecule has 0 saturated heterocycles. The van der Waals surface area contributed by atoms with E-state index in [0.717, 1.165) is 17.7 Å². The van der Waals surface area contributed by atoms with Crippen LogP contribution in [0, 0.1) is 6.92 Å². The third kappa shape index (κ3) is 4.22. The maximum atomic E-state index is 8.84. The lowest BCUT2D eigenvalue weighted by atomic mass is 9.94. The first-order valence-electron chi connectivity index (χ1n) is 6.42. The molecule has 0 unspecified atom stereocenters. The number of oxime groups is 1. The number of nitrogens with zero attached hydrogens (tertiary/aromatic N) is 1. The molecular weight excluding hydrogens is 210 g/mol. The van der Waals surface area contributed by atoms with Gasteiger partial charge in [0.25, 0.3) is 0 Å². The van der Waals surface area contributed by atoms with Gasteiger partial charge < -0.3 is 5.21 Å². The predicted octanol–water partition coefficient (Wildman–Crippen LogP) is 4.73. The maximum Gasteiger partial charge on any atom is 0.0865 e. The van der Waals surface area contributed by atoms with Crippen LogP contribution in [-0.2, 0) is 0 Å². The molecule has 0 spiro atoms. The minimum absolute atomic E-state index is 0.537. The Morgan fingerprint density at radius 3 is 2.24 bits per heavy atom. The number of aryl methyl sites for hydroxylation is 1. The lowest BCUT2D eigenvalue weighted by Gasteiger charge is -2.11. The monoisotopic (exact) mass is 235 g/mol. The molecule has 0 radical (unpaired) electrons. The molecule has 2 heteroatoms. The molecule has 0 saturated carbocycles. The van der Waals surface area contributed by atoms with Gasteiger partial charge in [0.15, 0.2) is 0 Å². The number of rotatable bonds is 3. The van der Waals surface area contributed by atoms with Crippen LogP contribution in [0.4, 0.5) is 0 Å². The molecule has 0 aliphatic carbocycles. The summed E-state index contributed by atoms with van der Waals surface area (Å²) in [5, 5.41) is 12.1. The molecule has 96 valence electrons. The van der Waals surface area contributed by atoms with Crippen molar-refractivity contribution in [3.63, 3.8) is 0 Å². The van der Waals surface area contributed by atoms with Gasteiger partial charge in [-0.2, -0.15) is 0 Å². The van der Waals surface area contributed by atoms with E-state index in [1.54, 1.807) is 0 Å². The molecule has 0 atom stereocenters. The molecule has 0 fully saturated rings. The maximum absolute atomic E-state index is 8.84. The Kier molecular flexibility index (Phi) is 7.27. The molecule has 1 N–H and O–H groups in total. The van der Waals surface area contributed by atoms with E-state index in [-0.39, 0.29) is 0 Å². The zero-order valence-electron chi connectivity index (χ0n) is 11.9. The van der Waals surface area contributed by atoms with Crippen molar-refractivity contribution in [3.05, 3.63) is 34.9 Å². The van der Waals surface area contributed by atoms with Gasteiger partial charge in [-0.05, 0) is 42.0 Å². The topological polar surface area (TPSA) is 32.6 Å². The highest BCUT2D eigenvalue weighted by atomic mass is 16.4. The van der Waals surface area contributed by atoms with E-state index < -0.39 is 0 Å². The Hall–Kier alpha value is -1.31. The second-order valence-corrected chi connectivity index (χ2v) is 4.13. The summed E-state index contributed by atoms with van der Waals surface area (Å²) in [5.41, 5.74) is 4.37. The molecule has 0 aliphatic heterocycles. The van der Waals surface area contributed by atoms with Crippen LogP contribution in [-0.4, -0.2) is 10.9 Å². The van der Waals surface area contributed by atoms with E-state index in [9.17, 15) is 0 Å². The van der Waals surface area contributed by atoms with Crippen molar-refractivity contribution >= 4 is 5.71 Å². The molecule has 1 aromatic rings. The van der Waals surface area contributed by atoms with Gasteiger partial charge in [-0.15, -0.1) is 0 Å². The summed E-state index contributed by atoms with van der Waals surface area (Å²) in [4.78, 5) is 0. The fourth-order valence-corrected chi connectivity index (χ4v) is 1.84. The van der Waals surface area contributed by atoms with E-state index in [4.69, 9.17) is 5.21 Å². The Labute approximate surface area is 105 Å². The summed E-state index contributed by atoms with van der Waals surface area (Å²) in [6.07, 6.45) is 0.747. The molecule has 0 aliphatic rings. The van der Waals surface area contributed by atoms with E-state index in [2.05, 4.69) is 38.1 Å². The summed E-state index contributed by atoms with van der Waals surface area (Å²) in [6.45, 7) is 12.5. The van der Waals surface area contributed by atoms with Crippen molar-refractivity contribution in [2.45, 2.75) is 53.9 Å². The van der Waals surface area contributed by atoms with Gasteiger partial charge >= 0.3 is 0 Å². The second kappa shape index (κ2) is 7.88. The van der Waals surface area contributed by atoms with Crippen molar-refractivity contribution in [1.82, 2.24) is 0 Å². The SMILES string of the molecule is CC.CC/C(=N/O)c1ccc(C(C)C)c(C)c1. The predicted molar refractivity (Wildman–Crippen MR) is 75.2 cm³/mol. The van der Waals surface area contributed by atoms with Crippen LogP contribution in [0.25, 0.3) is 0 Å². The zero-order chi connectivity index (χ0) is 13.4. The van der Waals surface area contributed by atoms with Crippen LogP contribution >= 0.6 is 0 Å². The molecule has 0 amide bonds. The summed E-state index contributed by atoms with van der Waals surface area (Å²) >= 11 is 0. The highest BCUT2D eigenvalue weighted by Gasteiger charge is 2.07. The average Bonchev–Trinajstić information content (AvgIpc) is 2.33. The van der Waals surface area contributed by atoms with Crippen molar-refractivity contribution in [3.8, 4) is 0 Å². The summed E-state index contributed by atoms with van der Waals surface area (Å²) in [6, 6.07) is 6.24. The standard InChI is InChI=1S/C13H19NO.C2H6/c1-5-13(14-15)11-6-7-12(9(2)3)10(4)8-11;1-2/h6-9,15H,5H2,1-4H3;1-2H3/b14-13-;. The van der Waals surface area contributed by atoms with Crippen LogP contribution in [0.5, 0.6) is 0 Å². The van der Waals surface area contributed by atoms with Crippen molar-refractivity contribution < 1.29 is 5.21 Å². The van der Waals surface area contributed by atoms with Crippen molar-refractivity contribution in [1.29, 1.82) is 0 Å². The molecule has 1 aromatic carbocycles. The Morgan fingerprint density at radius 2 is 1.88 bits per heavy atom. The van der Waals surface area contributed by atoms with Crippen molar-refractivity contribution in [2.24, 2.45) is 5.16 Å². The molecule has 0 heterocycles. The van der Waals surface area contributed by atoms with Gasteiger partial charge in [-0.3, -0.25) is 0 Å². The zero-order valence-corrected chi connectivity index (χ0v) is 11.9. The smallest absolute Gasteiger partial charge is 0.0865 e. The van der Waals surface area contributed by atoms with Gasteiger partial charge in [0.05, 0.1) is 5.71 Å². The fraction of sp³-hybridized carbons (Fsp3) is 0.533. The molecule has 17 heavy (non-hydrogen) atoms. The van der Waals surface area contributed by atoms with Gasteiger partial charge in [0, 0.05) is 0 Å². The Morgan fingerprint density at radius 1 is 1.29 bits per heavy atom. The number of hydrogen-bond donors (Lipinski definition) is 1. The lowest BCUT2D eigenvalue weighted by molar-refractivity contribution is 0.318. The molecule has 0 bridgehead atoms. The second-order valence-electron chi connectivity index (χ2n) is 4.13. The van der Waals surface area contributed by atoms with Crippen LogP contribution in [0.2, 0.25) is 0 Å². The average molecular weight is 235 g/mol. The third-order valence-corrected chi connectivity index (χ3v) is 2.68. The van der Waals surface area contributed by atoms with Crippen LogP contribution < -0.4 is 0 Å². The van der Waals surface area contributed by atoms with E-state index in [0.29, 0.717) is 5.92 Å².